The van der Waals surface area contributed by atoms with Crippen LogP contribution in [0, 0.1) is 0 Å². The standard InChI is InChI=1S/C9H12ClN3O2S/c10-8-5-9(7-12-6-8)16(14,15)13-3-1-11-2-4-13/h5-7,11H,1-4H2. The largest absolute Gasteiger partial charge is 0.314 e. The van der Waals surface area contributed by atoms with Crippen LogP contribution in [0.25, 0.3) is 0 Å². The summed E-state index contributed by atoms with van der Waals surface area (Å²) < 4.78 is 25.7. The first-order valence-corrected chi connectivity index (χ1v) is 6.74. The number of aromatic nitrogens is 1. The van der Waals surface area contributed by atoms with Crippen molar-refractivity contribution in [1.29, 1.82) is 0 Å². The van der Waals surface area contributed by atoms with E-state index in [9.17, 15) is 8.42 Å². The number of nitrogens with one attached hydrogen (secondary N) is 1. The third-order valence-corrected chi connectivity index (χ3v) is 4.46. The van der Waals surface area contributed by atoms with Gasteiger partial charge in [-0.05, 0) is 6.07 Å². The van der Waals surface area contributed by atoms with Crippen molar-refractivity contribution in [3.05, 3.63) is 23.5 Å². The monoisotopic (exact) mass is 261 g/mol. The van der Waals surface area contributed by atoms with Crippen LogP contribution in [0.5, 0.6) is 0 Å². The van der Waals surface area contributed by atoms with Gasteiger partial charge in [-0.25, -0.2) is 8.42 Å². The summed E-state index contributed by atoms with van der Waals surface area (Å²) in [5.41, 5.74) is 0. The lowest BCUT2D eigenvalue weighted by Crippen LogP contribution is -2.46. The van der Waals surface area contributed by atoms with Crippen molar-refractivity contribution >= 4 is 21.6 Å². The van der Waals surface area contributed by atoms with Crippen LogP contribution in [0.2, 0.25) is 5.02 Å². The Morgan fingerprint density at radius 1 is 1.31 bits per heavy atom. The summed E-state index contributed by atoms with van der Waals surface area (Å²) in [5.74, 6) is 0. The molecular weight excluding hydrogens is 250 g/mol. The van der Waals surface area contributed by atoms with Gasteiger partial charge in [0.15, 0.2) is 0 Å². The molecule has 7 heteroatoms. The summed E-state index contributed by atoms with van der Waals surface area (Å²) in [5, 5.41) is 3.43. The van der Waals surface area contributed by atoms with Crippen LogP contribution in [-0.4, -0.2) is 43.9 Å². The average molecular weight is 262 g/mol. The highest BCUT2D eigenvalue weighted by atomic mass is 35.5. The van der Waals surface area contributed by atoms with Crippen molar-refractivity contribution in [2.24, 2.45) is 0 Å². The van der Waals surface area contributed by atoms with Crippen LogP contribution < -0.4 is 5.32 Å². The van der Waals surface area contributed by atoms with E-state index in [4.69, 9.17) is 11.6 Å². The molecule has 1 aromatic heterocycles. The van der Waals surface area contributed by atoms with E-state index in [0.29, 0.717) is 31.2 Å². The summed E-state index contributed by atoms with van der Waals surface area (Å²) in [6.45, 7) is 2.31. The van der Waals surface area contributed by atoms with Crippen molar-refractivity contribution < 1.29 is 8.42 Å². The van der Waals surface area contributed by atoms with E-state index >= 15 is 0 Å². The molecule has 1 saturated heterocycles. The summed E-state index contributed by atoms with van der Waals surface area (Å²) in [6, 6.07) is 1.42. The number of piperazine rings is 1. The Balaban J connectivity index is 2.30. The average Bonchev–Trinajstić information content (AvgIpc) is 2.30. The lowest BCUT2D eigenvalue weighted by Gasteiger charge is -2.26. The molecule has 2 rings (SSSR count). The van der Waals surface area contributed by atoms with Gasteiger partial charge in [0.1, 0.15) is 4.90 Å². The first kappa shape index (κ1) is 11.8. The number of hydrogen-bond donors (Lipinski definition) is 1. The third-order valence-electron chi connectivity index (χ3n) is 2.39. The normalized spacial score (nSPS) is 18.6. The SMILES string of the molecule is O=S(=O)(c1cncc(Cl)c1)N1CCNCC1. The zero-order valence-corrected chi connectivity index (χ0v) is 10.1. The minimum atomic E-state index is -3.44. The lowest BCUT2D eigenvalue weighted by molar-refractivity contribution is 0.360. The predicted octanol–water partition coefficient (Wildman–Crippen LogP) is 0.329. The smallest absolute Gasteiger partial charge is 0.244 e. The zero-order valence-electron chi connectivity index (χ0n) is 8.56. The molecule has 88 valence electrons. The van der Waals surface area contributed by atoms with Gasteiger partial charge in [-0.3, -0.25) is 4.98 Å². The van der Waals surface area contributed by atoms with E-state index in [1.165, 1.54) is 22.8 Å². The van der Waals surface area contributed by atoms with Crippen LogP contribution in [0.3, 0.4) is 0 Å². The number of nitrogens with zero attached hydrogens (tertiary/aromatic N) is 2. The van der Waals surface area contributed by atoms with Gasteiger partial charge in [-0.15, -0.1) is 0 Å². The number of rotatable bonds is 2. The molecule has 0 spiro atoms. The Labute approximate surface area is 99.5 Å². The molecule has 2 heterocycles. The molecule has 0 atom stereocenters. The van der Waals surface area contributed by atoms with E-state index in [1.54, 1.807) is 0 Å². The zero-order chi connectivity index (χ0) is 11.6. The quantitative estimate of drug-likeness (QED) is 0.833. The van der Waals surface area contributed by atoms with Crippen molar-refractivity contribution in [1.82, 2.24) is 14.6 Å². The first-order valence-electron chi connectivity index (χ1n) is 4.92. The minimum Gasteiger partial charge on any atom is -0.314 e. The van der Waals surface area contributed by atoms with Crippen LogP contribution in [-0.2, 0) is 10.0 Å². The molecule has 0 amide bonds. The maximum absolute atomic E-state index is 12.1. The molecule has 1 fully saturated rings. The molecule has 5 nitrogen and oxygen atoms in total. The Morgan fingerprint density at radius 3 is 2.62 bits per heavy atom. The second-order valence-corrected chi connectivity index (χ2v) is 5.87. The minimum absolute atomic E-state index is 0.155. The summed E-state index contributed by atoms with van der Waals surface area (Å²) >= 11 is 5.73. The van der Waals surface area contributed by atoms with E-state index in [-0.39, 0.29) is 4.90 Å². The molecule has 1 aliphatic heterocycles. The second-order valence-electron chi connectivity index (χ2n) is 3.49. The molecule has 16 heavy (non-hydrogen) atoms. The molecule has 0 aromatic carbocycles. The van der Waals surface area contributed by atoms with Crippen LogP contribution in [0.4, 0.5) is 0 Å². The molecule has 0 saturated carbocycles. The van der Waals surface area contributed by atoms with Crippen molar-refractivity contribution in [3.63, 3.8) is 0 Å². The van der Waals surface area contributed by atoms with Gasteiger partial charge in [0.2, 0.25) is 10.0 Å². The molecule has 0 unspecified atom stereocenters. The molecule has 1 aromatic rings. The van der Waals surface area contributed by atoms with Gasteiger partial charge < -0.3 is 5.32 Å². The molecule has 0 aliphatic carbocycles. The maximum atomic E-state index is 12.1. The van der Waals surface area contributed by atoms with Gasteiger partial charge in [-0.2, -0.15) is 4.31 Å². The first-order chi connectivity index (χ1) is 7.60. The third kappa shape index (κ3) is 2.35. The fourth-order valence-corrected chi connectivity index (χ4v) is 3.24. The number of halogens is 1. The molecular formula is C9H12ClN3O2S. The van der Waals surface area contributed by atoms with Crippen molar-refractivity contribution in [2.45, 2.75) is 4.90 Å². The van der Waals surface area contributed by atoms with Crippen LogP contribution in [0.1, 0.15) is 0 Å². The van der Waals surface area contributed by atoms with E-state index in [2.05, 4.69) is 10.3 Å². The predicted molar refractivity (Wildman–Crippen MR) is 60.9 cm³/mol. The van der Waals surface area contributed by atoms with Crippen molar-refractivity contribution in [2.75, 3.05) is 26.2 Å². The van der Waals surface area contributed by atoms with E-state index < -0.39 is 10.0 Å². The van der Waals surface area contributed by atoms with E-state index in [1.807, 2.05) is 0 Å². The van der Waals surface area contributed by atoms with Crippen LogP contribution in [0.15, 0.2) is 23.4 Å². The van der Waals surface area contributed by atoms with Gasteiger partial charge in [-0.1, -0.05) is 11.6 Å². The Bertz CT molecular complexity index is 471. The summed E-state index contributed by atoms with van der Waals surface area (Å²) in [7, 11) is -3.44. The molecule has 1 aliphatic rings. The summed E-state index contributed by atoms with van der Waals surface area (Å²) in [6.07, 6.45) is 2.74. The van der Waals surface area contributed by atoms with Gasteiger partial charge in [0, 0.05) is 38.6 Å². The lowest BCUT2D eigenvalue weighted by atomic mass is 10.4. The number of hydrogen-bond acceptors (Lipinski definition) is 4. The van der Waals surface area contributed by atoms with Gasteiger partial charge >= 0.3 is 0 Å². The Morgan fingerprint density at radius 2 is 2.00 bits per heavy atom. The van der Waals surface area contributed by atoms with Gasteiger partial charge in [0.05, 0.1) is 5.02 Å². The Hall–Kier alpha value is -0.690. The number of pyridine rings is 1. The molecule has 1 N–H and O–H groups in total. The van der Waals surface area contributed by atoms with Crippen LogP contribution >= 0.6 is 11.6 Å². The van der Waals surface area contributed by atoms with E-state index in [0.717, 1.165) is 0 Å². The fourth-order valence-electron chi connectivity index (χ4n) is 1.57. The molecule has 0 bridgehead atoms. The maximum Gasteiger partial charge on any atom is 0.244 e. The summed E-state index contributed by atoms with van der Waals surface area (Å²) in [4.78, 5) is 3.95. The van der Waals surface area contributed by atoms with Crippen molar-refractivity contribution in [3.8, 4) is 0 Å². The van der Waals surface area contributed by atoms with Gasteiger partial charge in [0.25, 0.3) is 0 Å². The highest BCUT2D eigenvalue weighted by Crippen LogP contribution is 2.18. The highest BCUT2D eigenvalue weighted by molar-refractivity contribution is 7.89. The molecule has 0 radical (unpaired) electrons. The Kier molecular flexibility index (Phi) is 3.44. The highest BCUT2D eigenvalue weighted by Gasteiger charge is 2.26. The topological polar surface area (TPSA) is 62.3 Å². The number of sulfonamides is 1. The fraction of sp³-hybridized carbons (Fsp3) is 0.444. The second kappa shape index (κ2) is 4.67.